The van der Waals surface area contributed by atoms with Crippen LogP contribution in [-0.4, -0.2) is 15.6 Å². The molecule has 6 heteroatoms. The standard InChI is InChI=1S/C15H15F3N2S/c1-3-4-10-7-11(5-6-12(10)8-21)13-9(2)14(20-19-13)15(16,17)18/h5-8H,3-4H2,1-2H3,(H,19,20). The molecule has 0 aliphatic rings. The topological polar surface area (TPSA) is 28.7 Å². The molecule has 0 spiro atoms. The van der Waals surface area contributed by atoms with Gasteiger partial charge in [-0.1, -0.05) is 37.7 Å². The Kier molecular flexibility index (Phi) is 4.46. The van der Waals surface area contributed by atoms with Gasteiger partial charge in [0.15, 0.2) is 5.69 Å². The molecule has 0 radical (unpaired) electrons. The zero-order valence-electron chi connectivity index (χ0n) is 11.7. The Balaban J connectivity index is 2.50. The molecule has 1 aromatic carbocycles. The number of nitrogens with one attached hydrogen (secondary N) is 1. The van der Waals surface area contributed by atoms with Gasteiger partial charge >= 0.3 is 6.18 Å². The van der Waals surface area contributed by atoms with Gasteiger partial charge in [0.25, 0.3) is 0 Å². The number of H-pyrrole nitrogens is 1. The average molecular weight is 312 g/mol. The number of hydrogen-bond acceptors (Lipinski definition) is 2. The van der Waals surface area contributed by atoms with E-state index in [1.807, 2.05) is 19.1 Å². The van der Waals surface area contributed by atoms with Crippen molar-refractivity contribution in [2.45, 2.75) is 32.9 Å². The van der Waals surface area contributed by atoms with Crippen molar-refractivity contribution < 1.29 is 13.2 Å². The molecule has 0 fully saturated rings. The summed E-state index contributed by atoms with van der Waals surface area (Å²) in [4.78, 5) is 0. The van der Waals surface area contributed by atoms with E-state index in [1.54, 1.807) is 11.4 Å². The normalized spacial score (nSPS) is 11.7. The average Bonchev–Trinajstić information content (AvgIpc) is 2.81. The lowest BCUT2D eigenvalue weighted by atomic mass is 9.98. The molecule has 1 N–H and O–H groups in total. The number of alkyl halides is 3. The Morgan fingerprint density at radius 1 is 1.33 bits per heavy atom. The minimum atomic E-state index is -4.45. The van der Waals surface area contributed by atoms with Gasteiger partial charge in [0.1, 0.15) is 0 Å². The third-order valence-electron chi connectivity index (χ3n) is 3.36. The fraction of sp³-hybridized carbons (Fsp3) is 0.333. The number of thiocarbonyl (C=S) groups is 1. The molecule has 0 saturated heterocycles. The second kappa shape index (κ2) is 5.97. The smallest absolute Gasteiger partial charge is 0.277 e. The lowest BCUT2D eigenvalue weighted by Crippen LogP contribution is -2.07. The highest BCUT2D eigenvalue weighted by molar-refractivity contribution is 7.79. The molecule has 0 atom stereocenters. The Hall–Kier alpha value is -1.69. The van der Waals surface area contributed by atoms with Crippen molar-refractivity contribution in [2.75, 3.05) is 0 Å². The zero-order chi connectivity index (χ0) is 15.6. The van der Waals surface area contributed by atoms with Gasteiger partial charge in [-0.05, 0) is 30.5 Å². The van der Waals surface area contributed by atoms with E-state index in [0.717, 1.165) is 24.0 Å². The lowest BCUT2D eigenvalue weighted by molar-refractivity contribution is -0.141. The molecule has 0 amide bonds. The molecule has 1 aromatic heterocycles. The van der Waals surface area contributed by atoms with E-state index in [2.05, 4.69) is 10.2 Å². The molecule has 0 saturated carbocycles. The second-order valence-electron chi connectivity index (χ2n) is 4.85. The van der Waals surface area contributed by atoms with Gasteiger partial charge in [0.05, 0.1) is 5.69 Å². The highest BCUT2D eigenvalue weighted by Crippen LogP contribution is 2.34. The van der Waals surface area contributed by atoms with Crippen molar-refractivity contribution in [2.24, 2.45) is 0 Å². The lowest BCUT2D eigenvalue weighted by Gasteiger charge is -2.08. The van der Waals surface area contributed by atoms with Gasteiger partial charge in [0, 0.05) is 16.5 Å². The fourth-order valence-electron chi connectivity index (χ4n) is 2.32. The van der Waals surface area contributed by atoms with E-state index in [-0.39, 0.29) is 5.56 Å². The van der Waals surface area contributed by atoms with Crippen molar-refractivity contribution in [3.8, 4) is 11.3 Å². The number of aryl methyl sites for hydroxylation is 1. The minimum Gasteiger partial charge on any atom is -0.277 e. The predicted octanol–water partition coefficient (Wildman–Crippen LogP) is 4.70. The van der Waals surface area contributed by atoms with Gasteiger partial charge in [-0.15, -0.1) is 0 Å². The summed E-state index contributed by atoms with van der Waals surface area (Å²) in [5.41, 5.74) is 2.31. The molecule has 2 aromatic rings. The number of hydrogen-bond donors (Lipinski definition) is 1. The quantitative estimate of drug-likeness (QED) is 0.829. The van der Waals surface area contributed by atoms with Crippen molar-refractivity contribution in [1.29, 1.82) is 0 Å². The van der Waals surface area contributed by atoms with E-state index < -0.39 is 11.9 Å². The first-order valence-corrected chi connectivity index (χ1v) is 7.06. The molecular formula is C15H15F3N2S. The summed E-state index contributed by atoms with van der Waals surface area (Å²) in [6, 6.07) is 5.47. The first-order valence-electron chi connectivity index (χ1n) is 6.59. The molecule has 112 valence electrons. The van der Waals surface area contributed by atoms with E-state index >= 15 is 0 Å². The number of aromatic nitrogens is 2. The Morgan fingerprint density at radius 3 is 2.57 bits per heavy atom. The number of nitrogens with zero attached hydrogens (tertiary/aromatic N) is 1. The molecule has 21 heavy (non-hydrogen) atoms. The molecule has 0 aliphatic carbocycles. The summed E-state index contributed by atoms with van der Waals surface area (Å²) in [7, 11) is 0. The van der Waals surface area contributed by atoms with Crippen LogP contribution in [0.5, 0.6) is 0 Å². The minimum absolute atomic E-state index is 0.111. The van der Waals surface area contributed by atoms with Crippen LogP contribution in [0.2, 0.25) is 0 Å². The maximum Gasteiger partial charge on any atom is 0.435 e. The van der Waals surface area contributed by atoms with Crippen LogP contribution in [0.1, 0.15) is 35.7 Å². The van der Waals surface area contributed by atoms with Crippen molar-refractivity contribution in [1.82, 2.24) is 10.2 Å². The molecule has 1 heterocycles. The summed E-state index contributed by atoms with van der Waals surface area (Å²) in [5.74, 6) is 0. The first kappa shape index (κ1) is 15.7. The van der Waals surface area contributed by atoms with E-state index in [9.17, 15) is 13.2 Å². The monoisotopic (exact) mass is 312 g/mol. The van der Waals surface area contributed by atoms with Crippen LogP contribution in [0, 0.1) is 6.92 Å². The van der Waals surface area contributed by atoms with Crippen LogP contribution in [0.3, 0.4) is 0 Å². The van der Waals surface area contributed by atoms with E-state index in [4.69, 9.17) is 12.2 Å². The molecule has 2 nitrogen and oxygen atoms in total. The van der Waals surface area contributed by atoms with Crippen LogP contribution in [-0.2, 0) is 12.6 Å². The third kappa shape index (κ3) is 3.15. The van der Waals surface area contributed by atoms with Crippen LogP contribution >= 0.6 is 12.2 Å². The van der Waals surface area contributed by atoms with Gasteiger partial charge < -0.3 is 0 Å². The highest BCUT2D eigenvalue weighted by Gasteiger charge is 2.36. The number of rotatable bonds is 4. The summed E-state index contributed by atoms with van der Waals surface area (Å²) < 4.78 is 38.4. The van der Waals surface area contributed by atoms with Gasteiger partial charge in [-0.2, -0.15) is 18.3 Å². The summed E-state index contributed by atoms with van der Waals surface area (Å²) in [5, 5.41) is 7.49. The van der Waals surface area contributed by atoms with Gasteiger partial charge in [-0.3, -0.25) is 5.10 Å². The zero-order valence-corrected chi connectivity index (χ0v) is 12.5. The number of benzene rings is 1. The van der Waals surface area contributed by atoms with Crippen LogP contribution in [0.4, 0.5) is 13.2 Å². The SMILES string of the molecule is CCCc1cc(-c2[nH]nc(C(F)(F)F)c2C)ccc1C=S. The van der Waals surface area contributed by atoms with Crippen LogP contribution in [0.15, 0.2) is 18.2 Å². The summed E-state index contributed by atoms with van der Waals surface area (Å²) in [6.07, 6.45) is -2.68. The second-order valence-corrected chi connectivity index (χ2v) is 5.09. The Labute approximate surface area is 126 Å². The highest BCUT2D eigenvalue weighted by atomic mass is 32.1. The molecular weight excluding hydrogens is 297 g/mol. The molecule has 0 aliphatic heterocycles. The van der Waals surface area contributed by atoms with Crippen LogP contribution in [0.25, 0.3) is 11.3 Å². The van der Waals surface area contributed by atoms with E-state index in [1.165, 1.54) is 6.92 Å². The number of halogens is 3. The number of aromatic amines is 1. The van der Waals surface area contributed by atoms with Crippen molar-refractivity contribution in [3.05, 3.63) is 40.6 Å². The first-order chi connectivity index (χ1) is 9.88. The maximum absolute atomic E-state index is 12.8. The summed E-state index contributed by atoms with van der Waals surface area (Å²) in [6.45, 7) is 3.47. The Morgan fingerprint density at radius 2 is 2.05 bits per heavy atom. The Bertz CT molecular complexity index is 659. The molecule has 0 unspecified atom stereocenters. The predicted molar refractivity (Wildman–Crippen MR) is 80.5 cm³/mol. The molecule has 0 bridgehead atoms. The van der Waals surface area contributed by atoms with E-state index in [0.29, 0.717) is 11.3 Å². The van der Waals surface area contributed by atoms with Gasteiger partial charge in [-0.25, -0.2) is 0 Å². The third-order valence-corrected chi connectivity index (χ3v) is 3.61. The van der Waals surface area contributed by atoms with Crippen molar-refractivity contribution in [3.63, 3.8) is 0 Å². The summed E-state index contributed by atoms with van der Waals surface area (Å²) >= 11 is 4.96. The van der Waals surface area contributed by atoms with Crippen molar-refractivity contribution >= 4 is 17.6 Å². The van der Waals surface area contributed by atoms with Crippen LogP contribution < -0.4 is 0 Å². The largest absolute Gasteiger partial charge is 0.435 e. The molecule has 2 rings (SSSR count). The fourth-order valence-corrected chi connectivity index (χ4v) is 2.55. The maximum atomic E-state index is 12.8. The van der Waals surface area contributed by atoms with Gasteiger partial charge in [0.2, 0.25) is 0 Å².